The van der Waals surface area contributed by atoms with E-state index in [-0.39, 0.29) is 29.2 Å². The van der Waals surface area contributed by atoms with E-state index in [1.54, 1.807) is 35.2 Å². The Morgan fingerprint density at radius 2 is 1.71 bits per heavy atom. The number of benzene rings is 1. The van der Waals surface area contributed by atoms with E-state index in [0.717, 1.165) is 32.1 Å². The van der Waals surface area contributed by atoms with Gasteiger partial charge in [0.25, 0.3) is 5.22 Å². The average molecular weight is 591 g/mol. The van der Waals surface area contributed by atoms with Gasteiger partial charge in [-0.15, -0.1) is 0 Å². The maximum Gasteiger partial charge on any atom is 0.437 e. The van der Waals surface area contributed by atoms with E-state index in [2.05, 4.69) is 9.97 Å². The molecule has 0 spiro atoms. The maximum absolute atomic E-state index is 13.9. The highest BCUT2D eigenvalue weighted by molar-refractivity contribution is 7.99. The highest BCUT2D eigenvalue weighted by Crippen LogP contribution is 2.38. The molecule has 2 fully saturated rings. The third kappa shape index (κ3) is 7.27. The van der Waals surface area contributed by atoms with Gasteiger partial charge in [-0.05, 0) is 36.1 Å². The number of anilines is 1. The highest BCUT2D eigenvalue weighted by atomic mass is 32.2. The average Bonchev–Trinajstić information content (AvgIpc) is 3.40. The van der Waals surface area contributed by atoms with E-state index in [1.165, 1.54) is 24.0 Å². The predicted molar refractivity (Wildman–Crippen MR) is 145 cm³/mol. The zero-order valence-corrected chi connectivity index (χ0v) is 23.1. The first-order chi connectivity index (χ1) is 19.7. The van der Waals surface area contributed by atoms with Crippen LogP contribution < -0.4 is 4.90 Å². The molecule has 2 aromatic heterocycles. The second kappa shape index (κ2) is 12.6. The zero-order chi connectivity index (χ0) is 29.0. The minimum absolute atomic E-state index is 0.00431. The van der Waals surface area contributed by atoms with Crippen molar-refractivity contribution >= 4 is 29.3 Å². The lowest BCUT2D eigenvalue weighted by Crippen LogP contribution is -2.49. The molecule has 5 rings (SSSR count). The lowest BCUT2D eigenvalue weighted by molar-refractivity contribution is -0.141. The number of hydrogen-bond donors (Lipinski definition) is 0. The Balaban J connectivity index is 1.18. The van der Waals surface area contributed by atoms with Crippen LogP contribution in [0, 0.1) is 5.82 Å². The number of pyridine rings is 1. The molecule has 7 nitrogen and oxygen atoms in total. The zero-order valence-electron chi connectivity index (χ0n) is 22.3. The summed E-state index contributed by atoms with van der Waals surface area (Å²) in [5.41, 5.74) is -0.477. The van der Waals surface area contributed by atoms with Crippen molar-refractivity contribution in [2.24, 2.45) is 0 Å². The number of halogens is 4. The molecule has 1 aliphatic heterocycles. The summed E-state index contributed by atoms with van der Waals surface area (Å²) in [5, 5.41) is 0.0163. The molecule has 3 aromatic rings. The smallest absolute Gasteiger partial charge is 0.427 e. The van der Waals surface area contributed by atoms with Crippen LogP contribution in [0.3, 0.4) is 0 Å². The first-order valence-electron chi connectivity index (χ1n) is 13.7. The van der Waals surface area contributed by atoms with Gasteiger partial charge in [-0.3, -0.25) is 9.59 Å². The molecule has 3 heterocycles. The number of Topliss-reactive ketones (excluding diaryl/α,β-unsaturated/α-hetero) is 1. The van der Waals surface area contributed by atoms with Crippen molar-refractivity contribution in [2.45, 2.75) is 61.6 Å². The number of carbonyl (C=O) groups excluding carboxylic acids is 2. The molecular weight excluding hydrogens is 560 g/mol. The largest absolute Gasteiger partial charge is 0.437 e. The van der Waals surface area contributed by atoms with Gasteiger partial charge in [0.15, 0.2) is 5.69 Å². The van der Waals surface area contributed by atoms with Crippen LogP contribution in [0.4, 0.5) is 23.4 Å². The Morgan fingerprint density at radius 1 is 0.976 bits per heavy atom. The van der Waals surface area contributed by atoms with Crippen molar-refractivity contribution in [3.05, 3.63) is 71.0 Å². The fourth-order valence-corrected chi connectivity index (χ4v) is 6.26. The summed E-state index contributed by atoms with van der Waals surface area (Å²) in [7, 11) is 0. The topological polar surface area (TPSA) is 79.5 Å². The predicted octanol–water partition coefficient (Wildman–Crippen LogP) is 5.97. The van der Waals surface area contributed by atoms with Crippen molar-refractivity contribution < 1.29 is 31.6 Å². The van der Waals surface area contributed by atoms with Crippen LogP contribution in [0.5, 0.6) is 0 Å². The van der Waals surface area contributed by atoms with Gasteiger partial charge in [0.1, 0.15) is 11.6 Å². The molecular formula is C29H30F4N4O3S. The fraction of sp³-hybridized carbons (Fsp3) is 0.448. The van der Waals surface area contributed by atoms with Crippen molar-refractivity contribution in [1.82, 2.24) is 14.9 Å². The summed E-state index contributed by atoms with van der Waals surface area (Å²) in [6.07, 6.45) is 1.26. The number of thioether (sulfide) groups is 1. The van der Waals surface area contributed by atoms with E-state index in [1.807, 2.05) is 4.90 Å². The van der Waals surface area contributed by atoms with Crippen LogP contribution in [0.15, 0.2) is 52.2 Å². The van der Waals surface area contributed by atoms with Crippen LogP contribution in [-0.2, 0) is 23.8 Å². The quantitative estimate of drug-likeness (QED) is 0.236. The molecule has 0 unspecified atom stereocenters. The molecule has 0 bridgehead atoms. The number of rotatable bonds is 8. The van der Waals surface area contributed by atoms with Crippen molar-refractivity contribution in [1.29, 1.82) is 0 Å². The van der Waals surface area contributed by atoms with E-state index in [0.29, 0.717) is 43.1 Å². The second-order valence-electron chi connectivity index (χ2n) is 10.3. The number of carbonyl (C=O) groups is 2. The van der Waals surface area contributed by atoms with Crippen LogP contribution in [0.1, 0.15) is 59.5 Å². The Labute approximate surface area is 239 Å². The molecule has 1 amide bonds. The lowest BCUT2D eigenvalue weighted by Gasteiger charge is -2.35. The normalized spacial score (nSPS) is 16.7. The van der Waals surface area contributed by atoms with Crippen molar-refractivity contribution in [3.8, 4) is 0 Å². The molecule has 0 N–H and O–H groups in total. The number of nitrogens with zero attached hydrogens (tertiary/aromatic N) is 4. The molecule has 1 saturated heterocycles. The Bertz CT molecular complexity index is 1370. The lowest BCUT2D eigenvalue weighted by atomic mass is 10.0. The van der Waals surface area contributed by atoms with E-state index < -0.39 is 29.2 Å². The summed E-state index contributed by atoms with van der Waals surface area (Å²) < 4.78 is 60.3. The van der Waals surface area contributed by atoms with Gasteiger partial charge in [-0.2, -0.15) is 18.2 Å². The molecule has 0 radical (unpaired) electrons. The number of piperazine rings is 1. The minimum atomic E-state index is -4.80. The molecule has 1 saturated carbocycles. The summed E-state index contributed by atoms with van der Waals surface area (Å²) in [6, 6.07) is 9.56. The van der Waals surface area contributed by atoms with Gasteiger partial charge in [-0.1, -0.05) is 55.3 Å². The summed E-state index contributed by atoms with van der Waals surface area (Å²) >= 11 is 1.17. The van der Waals surface area contributed by atoms with Gasteiger partial charge >= 0.3 is 6.18 Å². The summed E-state index contributed by atoms with van der Waals surface area (Å²) in [6.45, 7) is 1.93. The van der Waals surface area contributed by atoms with Crippen LogP contribution in [0.25, 0.3) is 0 Å². The molecule has 1 aromatic carbocycles. The number of oxazole rings is 1. The van der Waals surface area contributed by atoms with E-state index in [9.17, 15) is 27.2 Å². The van der Waals surface area contributed by atoms with Crippen LogP contribution >= 0.6 is 11.8 Å². The van der Waals surface area contributed by atoms with Crippen LogP contribution in [-0.4, -0.2) is 58.0 Å². The second-order valence-corrected chi connectivity index (χ2v) is 11.5. The summed E-state index contributed by atoms with van der Waals surface area (Å²) in [4.78, 5) is 37.2. The summed E-state index contributed by atoms with van der Waals surface area (Å²) in [5.74, 6) is -1.50. The minimum Gasteiger partial charge on any atom is -0.427 e. The molecule has 12 heteroatoms. The molecule has 2 aliphatic rings. The number of amides is 1. The number of aromatic nitrogens is 2. The monoisotopic (exact) mass is 590 g/mol. The van der Waals surface area contributed by atoms with Gasteiger partial charge in [-0.25, -0.2) is 9.37 Å². The van der Waals surface area contributed by atoms with Gasteiger partial charge in [0, 0.05) is 44.0 Å². The van der Waals surface area contributed by atoms with E-state index >= 15 is 0 Å². The number of hydrogen-bond acceptors (Lipinski definition) is 7. The third-order valence-corrected chi connectivity index (χ3v) is 8.56. The number of ketones is 1. The van der Waals surface area contributed by atoms with Crippen molar-refractivity contribution in [3.63, 3.8) is 0 Å². The first kappa shape index (κ1) is 29.1. The van der Waals surface area contributed by atoms with Gasteiger partial charge in [0.2, 0.25) is 17.5 Å². The van der Waals surface area contributed by atoms with Gasteiger partial charge in [0.05, 0.1) is 6.42 Å². The van der Waals surface area contributed by atoms with Crippen molar-refractivity contribution in [2.75, 3.05) is 31.1 Å². The Hall–Kier alpha value is -3.41. The molecule has 1 aliphatic carbocycles. The molecule has 218 valence electrons. The molecule has 0 atom stereocenters. The Kier molecular flexibility index (Phi) is 8.96. The van der Waals surface area contributed by atoms with E-state index in [4.69, 9.17) is 4.42 Å². The fourth-order valence-electron chi connectivity index (χ4n) is 5.13. The molecule has 41 heavy (non-hydrogen) atoms. The standard InChI is InChI=1S/C29H30F4N4O3S/c30-22-9-5-4-6-20(22)17-25(39)37-14-12-36(13-15-37)24-11-10-19(18-34-24)16-23(38)26-27(29(31,32)33)35-28(40-26)41-21-7-2-1-3-8-21/h4-6,9-11,18,21H,1-3,7-8,12-17H2. The SMILES string of the molecule is O=C(Cc1ccc(N2CCN(C(=O)Cc3ccccc3F)CC2)nc1)c1oc(SC2CCCCC2)nc1C(F)(F)F. The van der Waals surface area contributed by atoms with Gasteiger partial charge < -0.3 is 14.2 Å². The number of alkyl halides is 3. The Morgan fingerprint density at radius 3 is 2.37 bits per heavy atom. The highest BCUT2D eigenvalue weighted by Gasteiger charge is 2.41. The maximum atomic E-state index is 13.9. The third-order valence-electron chi connectivity index (χ3n) is 7.38. The van der Waals surface area contributed by atoms with Crippen LogP contribution in [0.2, 0.25) is 0 Å². The first-order valence-corrected chi connectivity index (χ1v) is 14.5.